The fraction of sp³-hybridized carbons (Fsp3) is 0.389. The third-order valence-corrected chi connectivity index (χ3v) is 4.76. The molecular formula is C18H22N6O. The number of pyridine rings is 1. The van der Waals surface area contributed by atoms with Gasteiger partial charge in [0.1, 0.15) is 5.65 Å². The Balaban J connectivity index is 1.31. The highest BCUT2D eigenvalue weighted by Crippen LogP contribution is 2.28. The second kappa shape index (κ2) is 6.58. The molecule has 0 aliphatic heterocycles. The van der Waals surface area contributed by atoms with Crippen LogP contribution in [0.4, 0.5) is 4.79 Å². The highest BCUT2D eigenvalue weighted by Gasteiger charge is 2.24. The van der Waals surface area contributed by atoms with Gasteiger partial charge in [-0.05, 0) is 31.4 Å². The molecule has 0 unspecified atom stereocenters. The minimum Gasteiger partial charge on any atom is -0.338 e. The minimum absolute atomic E-state index is 0.0487. The van der Waals surface area contributed by atoms with Crippen molar-refractivity contribution in [3.8, 4) is 0 Å². The van der Waals surface area contributed by atoms with Gasteiger partial charge in [0.15, 0.2) is 0 Å². The molecule has 4 rings (SSSR count). The predicted octanol–water partition coefficient (Wildman–Crippen LogP) is 1.99. The standard InChI is InChI=1S/C18H22N6O/c1-23-16-6-4-5-15(14(16)11-20-23)22-18(25)19-9-8-13-12-24-10-3-2-7-17(24)21-13/h2-3,7,10-12,15H,4-6,8-9H2,1H3,(H2,19,22,25)/t15-/m0/s1. The molecule has 0 fully saturated rings. The van der Waals surface area contributed by atoms with Crippen LogP contribution in [0, 0.1) is 0 Å². The molecule has 0 spiro atoms. The molecule has 0 aromatic carbocycles. The van der Waals surface area contributed by atoms with E-state index in [-0.39, 0.29) is 12.1 Å². The van der Waals surface area contributed by atoms with Gasteiger partial charge in [-0.25, -0.2) is 9.78 Å². The summed E-state index contributed by atoms with van der Waals surface area (Å²) in [5, 5.41) is 10.3. The van der Waals surface area contributed by atoms with Gasteiger partial charge in [-0.15, -0.1) is 0 Å². The van der Waals surface area contributed by atoms with Crippen LogP contribution >= 0.6 is 0 Å². The number of nitrogens with zero attached hydrogens (tertiary/aromatic N) is 4. The quantitative estimate of drug-likeness (QED) is 0.764. The summed E-state index contributed by atoms with van der Waals surface area (Å²) in [6.45, 7) is 0.558. The van der Waals surface area contributed by atoms with E-state index in [0.717, 1.165) is 36.2 Å². The summed E-state index contributed by atoms with van der Waals surface area (Å²) in [5.41, 5.74) is 4.26. The number of carbonyl (C=O) groups is 1. The number of urea groups is 1. The van der Waals surface area contributed by atoms with Crippen molar-refractivity contribution < 1.29 is 4.79 Å². The number of aromatic nitrogens is 4. The number of imidazole rings is 1. The average molecular weight is 338 g/mol. The van der Waals surface area contributed by atoms with Crippen LogP contribution in [0.25, 0.3) is 5.65 Å². The first kappa shape index (κ1) is 15.7. The lowest BCUT2D eigenvalue weighted by atomic mass is 9.93. The van der Waals surface area contributed by atoms with E-state index in [1.807, 2.05) is 52.9 Å². The van der Waals surface area contributed by atoms with Crippen LogP contribution < -0.4 is 10.6 Å². The van der Waals surface area contributed by atoms with Crippen LogP contribution in [0.2, 0.25) is 0 Å². The first-order valence-corrected chi connectivity index (χ1v) is 8.68. The third-order valence-electron chi connectivity index (χ3n) is 4.76. The summed E-state index contributed by atoms with van der Waals surface area (Å²) in [7, 11) is 1.95. The topological polar surface area (TPSA) is 76.2 Å². The molecule has 3 aromatic heterocycles. The number of carbonyl (C=O) groups excluding carboxylic acids is 1. The average Bonchev–Trinajstić information content (AvgIpc) is 3.19. The Morgan fingerprint density at radius 1 is 1.40 bits per heavy atom. The lowest BCUT2D eigenvalue weighted by Crippen LogP contribution is -2.39. The summed E-state index contributed by atoms with van der Waals surface area (Å²) in [5.74, 6) is 0. The normalized spacial score (nSPS) is 16.6. The van der Waals surface area contributed by atoms with Gasteiger partial charge in [0, 0.05) is 43.7 Å². The lowest BCUT2D eigenvalue weighted by molar-refractivity contribution is 0.235. The molecular weight excluding hydrogens is 316 g/mol. The molecule has 3 heterocycles. The Hall–Kier alpha value is -2.83. The molecule has 2 amide bonds. The second-order valence-electron chi connectivity index (χ2n) is 6.46. The number of hydrogen-bond acceptors (Lipinski definition) is 3. The molecule has 2 N–H and O–H groups in total. The van der Waals surface area contributed by atoms with Crippen LogP contribution in [-0.2, 0) is 19.9 Å². The van der Waals surface area contributed by atoms with Crippen LogP contribution in [-0.4, -0.2) is 31.7 Å². The molecule has 0 saturated heterocycles. The Morgan fingerprint density at radius 3 is 3.20 bits per heavy atom. The fourth-order valence-corrected chi connectivity index (χ4v) is 3.48. The molecule has 7 heteroatoms. The van der Waals surface area contributed by atoms with E-state index in [1.165, 1.54) is 5.69 Å². The zero-order valence-corrected chi connectivity index (χ0v) is 14.3. The molecule has 3 aromatic rings. The molecule has 1 aliphatic carbocycles. The van der Waals surface area contributed by atoms with Crippen molar-refractivity contribution in [1.82, 2.24) is 29.8 Å². The van der Waals surface area contributed by atoms with Crippen molar-refractivity contribution in [2.75, 3.05) is 6.54 Å². The maximum Gasteiger partial charge on any atom is 0.315 e. The van der Waals surface area contributed by atoms with Gasteiger partial charge in [-0.1, -0.05) is 6.07 Å². The van der Waals surface area contributed by atoms with Crippen molar-refractivity contribution in [3.63, 3.8) is 0 Å². The first-order chi connectivity index (χ1) is 12.2. The Labute approximate surface area is 146 Å². The molecule has 0 bridgehead atoms. The van der Waals surface area contributed by atoms with Crippen molar-refractivity contribution in [1.29, 1.82) is 0 Å². The molecule has 0 saturated carbocycles. The number of nitrogens with one attached hydrogen (secondary N) is 2. The van der Waals surface area contributed by atoms with Gasteiger partial charge in [0.25, 0.3) is 0 Å². The summed E-state index contributed by atoms with van der Waals surface area (Å²) < 4.78 is 3.89. The third kappa shape index (κ3) is 3.22. The highest BCUT2D eigenvalue weighted by atomic mass is 16.2. The summed E-state index contributed by atoms with van der Waals surface area (Å²) >= 11 is 0. The zero-order chi connectivity index (χ0) is 17.2. The van der Waals surface area contributed by atoms with Crippen molar-refractivity contribution in [2.24, 2.45) is 7.05 Å². The smallest absolute Gasteiger partial charge is 0.315 e. The van der Waals surface area contributed by atoms with E-state index >= 15 is 0 Å². The second-order valence-corrected chi connectivity index (χ2v) is 6.46. The van der Waals surface area contributed by atoms with E-state index < -0.39 is 0 Å². The Kier molecular flexibility index (Phi) is 4.13. The predicted molar refractivity (Wildman–Crippen MR) is 94.3 cm³/mol. The SMILES string of the molecule is Cn1ncc2c1CCC[C@@H]2NC(=O)NCCc1cn2ccccc2n1. The number of aryl methyl sites for hydroxylation is 1. The molecule has 130 valence electrons. The van der Waals surface area contributed by atoms with Crippen molar-refractivity contribution in [3.05, 3.63) is 53.7 Å². The number of hydrogen-bond donors (Lipinski definition) is 2. The van der Waals surface area contributed by atoms with Gasteiger partial charge in [0.2, 0.25) is 0 Å². The summed E-state index contributed by atoms with van der Waals surface area (Å²) in [4.78, 5) is 16.8. The summed E-state index contributed by atoms with van der Waals surface area (Å²) in [6, 6.07) is 5.83. The molecule has 1 atom stereocenters. The van der Waals surface area contributed by atoms with Gasteiger partial charge >= 0.3 is 6.03 Å². The van der Waals surface area contributed by atoms with E-state index in [0.29, 0.717) is 13.0 Å². The maximum atomic E-state index is 12.2. The molecule has 25 heavy (non-hydrogen) atoms. The van der Waals surface area contributed by atoms with E-state index in [9.17, 15) is 4.79 Å². The largest absolute Gasteiger partial charge is 0.338 e. The first-order valence-electron chi connectivity index (χ1n) is 8.68. The fourth-order valence-electron chi connectivity index (χ4n) is 3.48. The Morgan fingerprint density at radius 2 is 2.32 bits per heavy atom. The minimum atomic E-state index is -0.134. The van der Waals surface area contributed by atoms with E-state index in [4.69, 9.17) is 0 Å². The number of fused-ring (bicyclic) bond motifs is 2. The van der Waals surface area contributed by atoms with Gasteiger partial charge in [-0.3, -0.25) is 4.68 Å². The number of amides is 2. The van der Waals surface area contributed by atoms with Crippen LogP contribution in [0.5, 0.6) is 0 Å². The van der Waals surface area contributed by atoms with Crippen LogP contribution in [0.3, 0.4) is 0 Å². The summed E-state index contributed by atoms with van der Waals surface area (Å²) in [6.07, 6.45) is 9.60. The maximum absolute atomic E-state index is 12.2. The number of rotatable bonds is 4. The van der Waals surface area contributed by atoms with Gasteiger partial charge in [0.05, 0.1) is 17.9 Å². The van der Waals surface area contributed by atoms with Gasteiger partial charge < -0.3 is 15.0 Å². The zero-order valence-electron chi connectivity index (χ0n) is 14.3. The molecule has 1 aliphatic rings. The molecule has 0 radical (unpaired) electrons. The highest BCUT2D eigenvalue weighted by molar-refractivity contribution is 5.74. The van der Waals surface area contributed by atoms with Crippen molar-refractivity contribution in [2.45, 2.75) is 31.7 Å². The van der Waals surface area contributed by atoms with E-state index in [1.54, 1.807) is 0 Å². The molecule has 7 nitrogen and oxygen atoms in total. The Bertz CT molecular complexity index is 863. The lowest BCUT2D eigenvalue weighted by Gasteiger charge is -2.23. The monoisotopic (exact) mass is 338 g/mol. The van der Waals surface area contributed by atoms with Crippen molar-refractivity contribution >= 4 is 11.7 Å². The van der Waals surface area contributed by atoms with E-state index in [2.05, 4.69) is 20.7 Å². The van der Waals surface area contributed by atoms with Crippen LogP contribution in [0.1, 0.15) is 35.8 Å². The van der Waals surface area contributed by atoms with Gasteiger partial charge in [-0.2, -0.15) is 5.10 Å². The van der Waals surface area contributed by atoms with Crippen LogP contribution in [0.15, 0.2) is 36.8 Å².